The number of hydrogen-bond donors (Lipinski definition) is 2. The number of carbonyl (C=O) groups excluding carboxylic acids is 1. The molecule has 0 bridgehead atoms. The number of carbonyl (C=O) groups is 1. The van der Waals surface area contributed by atoms with Crippen LogP contribution in [-0.4, -0.2) is 37.4 Å². The average molecular weight is 467 g/mol. The lowest BCUT2D eigenvalue weighted by Gasteiger charge is -2.28. The topological polar surface area (TPSA) is 109 Å². The molecule has 0 saturated heterocycles. The van der Waals surface area contributed by atoms with Crippen molar-refractivity contribution in [1.82, 2.24) is 24.9 Å². The normalized spacial score (nSPS) is 12.7. The molecule has 5 rings (SSSR count). The van der Waals surface area contributed by atoms with Gasteiger partial charge >= 0.3 is 0 Å². The molecule has 0 radical (unpaired) electrons. The number of aryl methyl sites for hydroxylation is 1. The van der Waals surface area contributed by atoms with E-state index < -0.39 is 0 Å². The number of amides is 1. The number of fused-ring (bicyclic) bond motifs is 1. The van der Waals surface area contributed by atoms with E-state index in [-0.39, 0.29) is 5.91 Å². The van der Waals surface area contributed by atoms with Crippen molar-refractivity contribution < 1.29 is 4.79 Å². The maximum Gasteiger partial charge on any atom is 0.232 e. The second kappa shape index (κ2) is 9.46. The smallest absolute Gasteiger partial charge is 0.232 e. The van der Waals surface area contributed by atoms with Crippen molar-refractivity contribution in [2.24, 2.45) is 0 Å². The molecule has 9 heteroatoms. The van der Waals surface area contributed by atoms with Crippen molar-refractivity contribution in [3.63, 3.8) is 0 Å². The molecule has 9 nitrogen and oxygen atoms in total. The van der Waals surface area contributed by atoms with Crippen molar-refractivity contribution in [3.8, 4) is 11.3 Å². The number of anilines is 4. The average Bonchev–Trinajstić information content (AvgIpc) is 2.86. The lowest BCUT2D eigenvalue weighted by Crippen LogP contribution is -2.32. The minimum atomic E-state index is -0.116. The number of nitrogens with zero attached hydrogens (tertiary/aromatic N) is 6. The Bertz CT molecular complexity index is 1400. The maximum atomic E-state index is 11.5. The molecule has 1 aromatic carbocycles. The van der Waals surface area contributed by atoms with Gasteiger partial charge in [0.05, 0.1) is 5.69 Å². The van der Waals surface area contributed by atoms with Crippen LogP contribution in [0.2, 0.25) is 0 Å². The first kappa shape index (κ1) is 22.4. The van der Waals surface area contributed by atoms with E-state index in [1.165, 1.54) is 13.3 Å². The minimum Gasteiger partial charge on any atom is -0.336 e. The Morgan fingerprint density at radius 2 is 1.89 bits per heavy atom. The number of hydrogen-bond acceptors (Lipinski definition) is 8. The van der Waals surface area contributed by atoms with E-state index in [0.717, 1.165) is 58.0 Å². The molecule has 1 aliphatic heterocycles. The molecule has 0 atom stereocenters. The third-order valence-corrected chi connectivity index (χ3v) is 5.95. The summed E-state index contributed by atoms with van der Waals surface area (Å²) in [6.07, 6.45) is 6.01. The second-order valence-corrected chi connectivity index (χ2v) is 8.62. The highest BCUT2D eigenvalue weighted by Crippen LogP contribution is 2.27. The molecular weight excluding hydrogens is 440 g/mol. The van der Waals surface area contributed by atoms with Crippen molar-refractivity contribution >= 4 is 29.2 Å². The second-order valence-electron chi connectivity index (χ2n) is 8.62. The quantitative estimate of drug-likeness (QED) is 0.450. The zero-order valence-electron chi connectivity index (χ0n) is 19.9. The zero-order valence-corrected chi connectivity index (χ0v) is 19.9. The van der Waals surface area contributed by atoms with E-state index in [1.807, 2.05) is 50.5 Å². The molecule has 0 spiro atoms. The van der Waals surface area contributed by atoms with E-state index in [1.54, 1.807) is 0 Å². The van der Waals surface area contributed by atoms with Crippen LogP contribution < -0.4 is 15.5 Å². The highest BCUT2D eigenvalue weighted by molar-refractivity contribution is 5.90. The van der Waals surface area contributed by atoms with E-state index in [4.69, 9.17) is 4.98 Å². The van der Waals surface area contributed by atoms with Crippen LogP contribution in [0.1, 0.15) is 29.3 Å². The Morgan fingerprint density at radius 1 is 1.03 bits per heavy atom. The van der Waals surface area contributed by atoms with Crippen LogP contribution in [0.15, 0.2) is 55.1 Å². The standard InChI is InChI=1S/C26H26N8O/c1-16-11-20(13-27-12-16)23-8-7-19-14-34(10-9-24(19)31-23)26-29-15-28-25(33-26)32-22-6-4-5-21(17(22)2)30-18(3)35/h4-8,11-13,15H,9-10,14H2,1-3H3,(H,30,35)(H,28,29,32,33). The number of aromatic nitrogens is 5. The van der Waals surface area contributed by atoms with Gasteiger partial charge in [0.15, 0.2) is 0 Å². The zero-order chi connectivity index (χ0) is 24.4. The number of benzene rings is 1. The molecule has 1 aliphatic rings. The fourth-order valence-corrected chi connectivity index (χ4v) is 4.16. The number of rotatable bonds is 5. The van der Waals surface area contributed by atoms with Gasteiger partial charge in [0, 0.05) is 61.5 Å². The highest BCUT2D eigenvalue weighted by Gasteiger charge is 2.21. The molecule has 0 fully saturated rings. The molecule has 3 aromatic heterocycles. The van der Waals surface area contributed by atoms with Gasteiger partial charge in [0.25, 0.3) is 0 Å². The summed E-state index contributed by atoms with van der Waals surface area (Å²) in [7, 11) is 0. The van der Waals surface area contributed by atoms with Crippen LogP contribution in [0.4, 0.5) is 23.3 Å². The van der Waals surface area contributed by atoms with E-state index in [9.17, 15) is 4.79 Å². The molecule has 4 heterocycles. The van der Waals surface area contributed by atoms with Crippen molar-refractivity contribution in [2.45, 2.75) is 33.7 Å². The third kappa shape index (κ3) is 4.93. The molecule has 0 unspecified atom stereocenters. The predicted molar refractivity (Wildman–Crippen MR) is 136 cm³/mol. The first-order chi connectivity index (χ1) is 17.0. The van der Waals surface area contributed by atoms with Crippen LogP contribution in [0.3, 0.4) is 0 Å². The molecule has 4 aromatic rings. The summed E-state index contributed by atoms with van der Waals surface area (Å²) >= 11 is 0. The summed E-state index contributed by atoms with van der Waals surface area (Å²) in [5, 5.41) is 6.10. The van der Waals surface area contributed by atoms with E-state index in [0.29, 0.717) is 18.4 Å². The minimum absolute atomic E-state index is 0.116. The first-order valence-corrected chi connectivity index (χ1v) is 11.5. The fourth-order valence-electron chi connectivity index (χ4n) is 4.16. The molecule has 35 heavy (non-hydrogen) atoms. The third-order valence-electron chi connectivity index (χ3n) is 5.95. The van der Waals surface area contributed by atoms with Gasteiger partial charge in [-0.25, -0.2) is 9.97 Å². The van der Waals surface area contributed by atoms with Crippen LogP contribution in [-0.2, 0) is 17.8 Å². The molecule has 0 aliphatic carbocycles. The van der Waals surface area contributed by atoms with Crippen molar-refractivity contribution in [3.05, 3.63) is 77.5 Å². The van der Waals surface area contributed by atoms with Gasteiger partial charge in [-0.2, -0.15) is 4.98 Å². The van der Waals surface area contributed by atoms with Crippen LogP contribution in [0.5, 0.6) is 0 Å². The predicted octanol–water partition coefficient (Wildman–Crippen LogP) is 4.21. The molecule has 0 saturated carbocycles. The van der Waals surface area contributed by atoms with Crippen molar-refractivity contribution in [2.75, 3.05) is 22.1 Å². The number of pyridine rings is 2. The number of nitrogens with one attached hydrogen (secondary N) is 2. The summed E-state index contributed by atoms with van der Waals surface area (Å²) in [5.41, 5.74) is 7.81. The van der Waals surface area contributed by atoms with Gasteiger partial charge < -0.3 is 15.5 Å². The molecule has 176 valence electrons. The summed E-state index contributed by atoms with van der Waals surface area (Å²) < 4.78 is 0. The van der Waals surface area contributed by atoms with Crippen LogP contribution in [0.25, 0.3) is 11.3 Å². The Morgan fingerprint density at radius 3 is 2.71 bits per heavy atom. The summed E-state index contributed by atoms with van der Waals surface area (Å²) in [6.45, 7) is 6.90. The van der Waals surface area contributed by atoms with Gasteiger partial charge in [-0.05, 0) is 54.8 Å². The van der Waals surface area contributed by atoms with Gasteiger partial charge in [-0.1, -0.05) is 12.1 Å². The van der Waals surface area contributed by atoms with Crippen molar-refractivity contribution in [1.29, 1.82) is 0 Å². The van der Waals surface area contributed by atoms with E-state index in [2.05, 4.69) is 47.6 Å². The largest absolute Gasteiger partial charge is 0.336 e. The molecular formula is C26H26N8O. The summed E-state index contributed by atoms with van der Waals surface area (Å²) in [6, 6.07) is 11.9. The Labute approximate surface area is 203 Å². The summed E-state index contributed by atoms with van der Waals surface area (Å²) in [4.78, 5) is 36.1. The first-order valence-electron chi connectivity index (χ1n) is 11.5. The monoisotopic (exact) mass is 466 g/mol. The SMILES string of the molecule is CC(=O)Nc1cccc(Nc2ncnc(N3CCc4nc(-c5cncc(C)c5)ccc4C3)n2)c1C. The van der Waals surface area contributed by atoms with Crippen LogP contribution in [0, 0.1) is 13.8 Å². The Balaban J connectivity index is 1.34. The highest BCUT2D eigenvalue weighted by atomic mass is 16.1. The lowest BCUT2D eigenvalue weighted by molar-refractivity contribution is -0.114. The summed E-state index contributed by atoms with van der Waals surface area (Å²) in [5.74, 6) is 0.940. The van der Waals surface area contributed by atoms with Gasteiger partial charge in [-0.15, -0.1) is 0 Å². The Hall–Kier alpha value is -4.40. The van der Waals surface area contributed by atoms with Gasteiger partial charge in [0.1, 0.15) is 6.33 Å². The molecule has 1 amide bonds. The Kier molecular flexibility index (Phi) is 6.05. The van der Waals surface area contributed by atoms with Gasteiger partial charge in [-0.3, -0.25) is 14.8 Å². The van der Waals surface area contributed by atoms with Crippen LogP contribution >= 0.6 is 0 Å². The maximum absolute atomic E-state index is 11.5. The van der Waals surface area contributed by atoms with E-state index >= 15 is 0 Å². The fraction of sp³-hybridized carbons (Fsp3) is 0.231. The lowest BCUT2D eigenvalue weighted by atomic mass is 10.0. The van der Waals surface area contributed by atoms with Gasteiger partial charge in [0.2, 0.25) is 17.8 Å². The molecule has 2 N–H and O–H groups in total.